The first-order chi connectivity index (χ1) is 26.3. The average Bonchev–Trinajstić information content (AvgIpc) is 3.88. The fourth-order valence-corrected chi connectivity index (χ4v) is 8.86. The van der Waals surface area contributed by atoms with E-state index in [4.69, 9.17) is 4.42 Å². The van der Waals surface area contributed by atoms with Crippen LogP contribution in [0.5, 0.6) is 0 Å². The van der Waals surface area contributed by atoms with Crippen LogP contribution in [-0.4, -0.2) is 9.13 Å². The number of para-hydroxylation sites is 2. The van der Waals surface area contributed by atoms with Crippen molar-refractivity contribution in [1.29, 1.82) is 0 Å². The van der Waals surface area contributed by atoms with E-state index in [-0.39, 0.29) is 0 Å². The Bertz CT molecular complexity index is 3460. The van der Waals surface area contributed by atoms with E-state index in [2.05, 4.69) is 185 Å². The van der Waals surface area contributed by atoms with Gasteiger partial charge < -0.3 is 13.6 Å². The predicted octanol–water partition coefficient (Wildman–Crippen LogP) is 13.8. The molecule has 3 aromatic heterocycles. The molecule has 246 valence electrons. The Hall–Kier alpha value is -7.10. The number of furan rings is 1. The molecule has 0 fully saturated rings. The van der Waals surface area contributed by atoms with Gasteiger partial charge in [0.2, 0.25) is 0 Å². The Morgan fingerprint density at radius 2 is 0.962 bits per heavy atom. The maximum Gasteiger partial charge on any atom is 0.160 e. The molecule has 3 nitrogen and oxygen atoms in total. The second-order valence-corrected chi connectivity index (χ2v) is 14.1. The number of rotatable bonds is 3. The van der Waals surface area contributed by atoms with Gasteiger partial charge in [-0.15, -0.1) is 0 Å². The fraction of sp³-hybridized carbons (Fsp3) is 0. The van der Waals surface area contributed by atoms with Crippen molar-refractivity contribution in [2.75, 3.05) is 0 Å². The van der Waals surface area contributed by atoms with Crippen LogP contribution in [0.4, 0.5) is 0 Å². The second kappa shape index (κ2) is 10.7. The summed E-state index contributed by atoms with van der Waals surface area (Å²) in [4.78, 5) is 0. The van der Waals surface area contributed by atoms with Gasteiger partial charge in [0.1, 0.15) is 5.58 Å². The van der Waals surface area contributed by atoms with E-state index in [1.807, 2.05) is 6.07 Å². The van der Waals surface area contributed by atoms with Crippen LogP contribution < -0.4 is 0 Å². The Labute approximate surface area is 304 Å². The molecule has 0 N–H and O–H groups in total. The van der Waals surface area contributed by atoms with Crippen molar-refractivity contribution in [3.63, 3.8) is 0 Å². The molecule has 0 aliphatic carbocycles. The molecule has 0 aliphatic heterocycles. The van der Waals surface area contributed by atoms with Crippen LogP contribution in [0.1, 0.15) is 0 Å². The summed E-state index contributed by atoms with van der Waals surface area (Å²) in [6.07, 6.45) is 0. The van der Waals surface area contributed by atoms with E-state index in [9.17, 15) is 0 Å². The predicted molar refractivity (Wildman–Crippen MR) is 223 cm³/mol. The molecule has 53 heavy (non-hydrogen) atoms. The normalized spacial score (nSPS) is 12.2. The van der Waals surface area contributed by atoms with Gasteiger partial charge in [-0.2, -0.15) is 0 Å². The van der Waals surface area contributed by atoms with Gasteiger partial charge in [0.25, 0.3) is 0 Å². The third kappa shape index (κ3) is 4.05. The van der Waals surface area contributed by atoms with E-state index >= 15 is 0 Å². The number of aromatic nitrogens is 2. The van der Waals surface area contributed by atoms with Crippen LogP contribution in [0.2, 0.25) is 0 Å². The van der Waals surface area contributed by atoms with Crippen molar-refractivity contribution in [2.45, 2.75) is 0 Å². The number of fused-ring (bicyclic) bond motifs is 12. The molecule has 12 aromatic rings. The zero-order chi connectivity index (χ0) is 34.6. The van der Waals surface area contributed by atoms with E-state index in [0.717, 1.165) is 38.7 Å². The van der Waals surface area contributed by atoms with Gasteiger partial charge in [0, 0.05) is 43.4 Å². The monoisotopic (exact) mass is 674 g/mol. The highest BCUT2D eigenvalue weighted by Crippen LogP contribution is 2.43. The van der Waals surface area contributed by atoms with Crippen LogP contribution in [0.25, 0.3) is 110 Å². The molecule has 3 heteroatoms. The lowest BCUT2D eigenvalue weighted by Gasteiger charge is -2.12. The highest BCUT2D eigenvalue weighted by Gasteiger charge is 2.21. The van der Waals surface area contributed by atoms with Crippen LogP contribution in [-0.2, 0) is 0 Å². The minimum Gasteiger partial charge on any atom is -0.454 e. The first-order valence-electron chi connectivity index (χ1n) is 18.2. The van der Waals surface area contributed by atoms with Crippen molar-refractivity contribution >= 4 is 87.1 Å². The van der Waals surface area contributed by atoms with Crippen molar-refractivity contribution in [3.8, 4) is 22.5 Å². The number of hydrogen-bond acceptors (Lipinski definition) is 1. The summed E-state index contributed by atoms with van der Waals surface area (Å²) in [5.74, 6) is 0. The molecule has 0 atom stereocenters. The maximum absolute atomic E-state index is 6.69. The first-order valence-corrected chi connectivity index (χ1v) is 18.2. The van der Waals surface area contributed by atoms with E-state index in [1.54, 1.807) is 0 Å². The third-order valence-electron chi connectivity index (χ3n) is 11.3. The molecule has 0 amide bonds. The average molecular weight is 675 g/mol. The Morgan fingerprint density at radius 1 is 0.340 bits per heavy atom. The third-order valence-corrected chi connectivity index (χ3v) is 11.3. The molecule has 0 spiro atoms. The SMILES string of the molecule is c1ccc2cc(-n3c4ccc(-c5ccc6c(c5)c5ccccc5n6-c5cccc6ccccc56)cc4c4ccc5c6ccccc6oc5c43)ccc2c1. The largest absolute Gasteiger partial charge is 0.454 e. The van der Waals surface area contributed by atoms with Crippen molar-refractivity contribution in [1.82, 2.24) is 9.13 Å². The Kier molecular flexibility index (Phi) is 5.77. The van der Waals surface area contributed by atoms with Gasteiger partial charge in [-0.3, -0.25) is 0 Å². The molecular weight excluding hydrogens is 645 g/mol. The van der Waals surface area contributed by atoms with Crippen LogP contribution >= 0.6 is 0 Å². The fourth-order valence-electron chi connectivity index (χ4n) is 8.86. The molecular formula is C50H30N2O. The molecule has 9 aromatic carbocycles. The standard InChI is InChI=1S/C50H30N2O/c1-2-12-33-28-36(23-20-31(33)10-1)51-46-26-21-35(30-43(46)40-24-25-41-39-16-6-8-19-48(39)53-50(41)49(40)51)34-22-27-47-42(29-34)38-15-5-7-17-45(38)52(47)44-18-9-13-32-11-3-4-14-37(32)44/h1-30H. The van der Waals surface area contributed by atoms with Crippen LogP contribution in [0.3, 0.4) is 0 Å². The van der Waals surface area contributed by atoms with Gasteiger partial charge in [0.05, 0.1) is 27.8 Å². The van der Waals surface area contributed by atoms with E-state index < -0.39 is 0 Å². The highest BCUT2D eigenvalue weighted by atomic mass is 16.3. The quantitative estimate of drug-likeness (QED) is 0.183. The van der Waals surface area contributed by atoms with Gasteiger partial charge in [-0.25, -0.2) is 0 Å². The molecule has 0 aliphatic rings. The maximum atomic E-state index is 6.69. The van der Waals surface area contributed by atoms with Crippen molar-refractivity contribution in [2.24, 2.45) is 0 Å². The molecule has 0 bridgehead atoms. The van der Waals surface area contributed by atoms with Gasteiger partial charge in [-0.05, 0) is 87.9 Å². The first kappa shape index (κ1) is 28.6. The van der Waals surface area contributed by atoms with E-state index in [1.165, 1.54) is 70.9 Å². The van der Waals surface area contributed by atoms with Crippen LogP contribution in [0, 0.1) is 0 Å². The molecule has 3 heterocycles. The van der Waals surface area contributed by atoms with Gasteiger partial charge in [0.15, 0.2) is 5.58 Å². The lowest BCUT2D eigenvalue weighted by atomic mass is 10.0. The lowest BCUT2D eigenvalue weighted by molar-refractivity contribution is 0.671. The highest BCUT2D eigenvalue weighted by molar-refractivity contribution is 6.22. The smallest absolute Gasteiger partial charge is 0.160 e. The van der Waals surface area contributed by atoms with Gasteiger partial charge in [-0.1, -0.05) is 121 Å². The molecule has 12 rings (SSSR count). The van der Waals surface area contributed by atoms with Crippen molar-refractivity contribution < 1.29 is 4.42 Å². The molecule has 0 radical (unpaired) electrons. The summed E-state index contributed by atoms with van der Waals surface area (Å²) in [6, 6.07) is 66.1. The van der Waals surface area contributed by atoms with Crippen LogP contribution in [0.15, 0.2) is 186 Å². The number of nitrogens with zero attached hydrogens (tertiary/aromatic N) is 2. The van der Waals surface area contributed by atoms with E-state index in [0.29, 0.717) is 0 Å². The minimum absolute atomic E-state index is 0.905. The zero-order valence-corrected chi connectivity index (χ0v) is 28.6. The van der Waals surface area contributed by atoms with Crippen molar-refractivity contribution in [3.05, 3.63) is 182 Å². The Balaban J connectivity index is 1.11. The summed E-state index contributed by atoms with van der Waals surface area (Å²) in [6.45, 7) is 0. The summed E-state index contributed by atoms with van der Waals surface area (Å²) < 4.78 is 11.5. The lowest BCUT2D eigenvalue weighted by Crippen LogP contribution is -1.95. The second-order valence-electron chi connectivity index (χ2n) is 14.1. The topological polar surface area (TPSA) is 23.0 Å². The summed E-state index contributed by atoms with van der Waals surface area (Å²) >= 11 is 0. The summed E-state index contributed by atoms with van der Waals surface area (Å²) in [7, 11) is 0. The number of benzene rings is 9. The minimum atomic E-state index is 0.905. The molecule has 0 saturated heterocycles. The summed E-state index contributed by atoms with van der Waals surface area (Å²) in [5.41, 5.74) is 11.2. The zero-order valence-electron chi connectivity index (χ0n) is 28.6. The molecule has 0 saturated carbocycles. The summed E-state index contributed by atoms with van der Waals surface area (Å²) in [5, 5.41) is 12.1. The van der Waals surface area contributed by atoms with Gasteiger partial charge >= 0.3 is 0 Å². The molecule has 0 unspecified atom stereocenters. The Morgan fingerprint density at radius 3 is 1.81 bits per heavy atom. The number of hydrogen-bond donors (Lipinski definition) is 0.